The maximum absolute atomic E-state index is 13.7. The molecule has 0 saturated heterocycles. The van der Waals surface area contributed by atoms with Gasteiger partial charge in [-0.05, 0) is 18.2 Å². The number of benzene rings is 1. The van der Waals surface area contributed by atoms with E-state index in [4.69, 9.17) is 16.2 Å². The number of aromatic nitrogens is 1. The van der Waals surface area contributed by atoms with Gasteiger partial charge in [0.2, 0.25) is 0 Å². The van der Waals surface area contributed by atoms with Crippen LogP contribution in [0.4, 0.5) is 14.5 Å². The predicted octanol–water partition coefficient (Wildman–Crippen LogP) is 3.05. The third-order valence-electron chi connectivity index (χ3n) is 2.95. The second-order valence-electron chi connectivity index (χ2n) is 4.35. The third-order valence-corrected chi connectivity index (χ3v) is 4.07. The van der Waals surface area contributed by atoms with Gasteiger partial charge in [-0.2, -0.15) is 0 Å². The van der Waals surface area contributed by atoms with Crippen LogP contribution in [0.5, 0.6) is 11.5 Å². The topological polar surface area (TPSA) is 91.2 Å². The zero-order valence-corrected chi connectivity index (χ0v) is 11.8. The Bertz CT molecular complexity index is 875. The number of carbonyl (C=O) groups is 1. The number of nitrogens with zero attached hydrogens (tertiary/aromatic N) is 1. The van der Waals surface area contributed by atoms with Gasteiger partial charge in [-0.25, -0.2) is 13.8 Å². The third kappa shape index (κ3) is 2.23. The minimum absolute atomic E-state index is 0.0762. The fraction of sp³-hybridized carbons (Fsp3) is 0. The van der Waals surface area contributed by atoms with Crippen molar-refractivity contribution in [3.8, 4) is 11.5 Å². The Kier molecular flexibility index (Phi) is 3.38. The van der Waals surface area contributed by atoms with Gasteiger partial charge >= 0.3 is 0 Å². The maximum Gasteiger partial charge on any atom is 0.260 e. The largest absolute Gasteiger partial charge is 0.450 e. The summed E-state index contributed by atoms with van der Waals surface area (Å²) >= 11 is 0.987. The molecule has 8 heteroatoms. The number of nitrogen functional groups attached to an aromatic ring is 1. The molecule has 112 valence electrons. The first-order valence-electron chi connectivity index (χ1n) is 6.07. The minimum Gasteiger partial charge on any atom is -0.450 e. The standard InChI is InChI=1S/C14H9F2N3O2S/c15-6-2-1-3-7(16)11(6)21-8-4-5-19-14-9(8)10(17)12(22-14)13(18)20/h1-5H,17H2,(H2,18,20). The Morgan fingerprint density at radius 1 is 1.23 bits per heavy atom. The zero-order chi connectivity index (χ0) is 15.9. The van der Waals surface area contributed by atoms with E-state index in [2.05, 4.69) is 4.98 Å². The minimum atomic E-state index is -0.853. The van der Waals surface area contributed by atoms with E-state index in [1.807, 2.05) is 0 Å². The van der Waals surface area contributed by atoms with E-state index in [-0.39, 0.29) is 16.3 Å². The molecule has 2 heterocycles. The number of hydrogen-bond donors (Lipinski definition) is 2. The van der Waals surface area contributed by atoms with Crippen LogP contribution in [0, 0.1) is 11.6 Å². The second-order valence-corrected chi connectivity index (χ2v) is 5.35. The molecule has 0 saturated carbocycles. The normalized spacial score (nSPS) is 10.8. The van der Waals surface area contributed by atoms with Gasteiger partial charge in [0.15, 0.2) is 17.4 Å². The van der Waals surface area contributed by atoms with Gasteiger partial charge < -0.3 is 16.2 Å². The molecule has 0 bridgehead atoms. The van der Waals surface area contributed by atoms with Crippen LogP contribution in [0.2, 0.25) is 0 Å². The molecule has 0 aliphatic rings. The van der Waals surface area contributed by atoms with Crippen molar-refractivity contribution in [3.63, 3.8) is 0 Å². The summed E-state index contributed by atoms with van der Waals surface area (Å²) in [5, 5.41) is 0.295. The fourth-order valence-electron chi connectivity index (χ4n) is 1.97. The highest BCUT2D eigenvalue weighted by Crippen LogP contribution is 2.40. The summed E-state index contributed by atoms with van der Waals surface area (Å²) in [5.74, 6) is -2.87. The average molecular weight is 321 g/mol. The molecule has 4 N–H and O–H groups in total. The molecule has 5 nitrogen and oxygen atoms in total. The summed E-state index contributed by atoms with van der Waals surface area (Å²) in [5.41, 5.74) is 11.2. The Morgan fingerprint density at radius 2 is 1.91 bits per heavy atom. The van der Waals surface area contributed by atoms with Crippen molar-refractivity contribution in [3.05, 3.63) is 47.0 Å². The number of halogens is 2. The molecule has 2 aromatic heterocycles. The van der Waals surface area contributed by atoms with Crippen LogP contribution in [0.25, 0.3) is 10.2 Å². The highest BCUT2D eigenvalue weighted by Gasteiger charge is 2.20. The van der Waals surface area contributed by atoms with E-state index in [0.29, 0.717) is 10.2 Å². The lowest BCUT2D eigenvalue weighted by Gasteiger charge is -2.09. The number of thiophene rings is 1. The van der Waals surface area contributed by atoms with Crippen LogP contribution in [0.3, 0.4) is 0 Å². The number of para-hydroxylation sites is 1. The van der Waals surface area contributed by atoms with E-state index in [1.54, 1.807) is 0 Å². The van der Waals surface area contributed by atoms with Gasteiger partial charge in [0.05, 0.1) is 11.1 Å². The summed E-state index contributed by atoms with van der Waals surface area (Å²) in [6, 6.07) is 4.77. The lowest BCUT2D eigenvalue weighted by atomic mass is 10.2. The highest BCUT2D eigenvalue weighted by molar-refractivity contribution is 7.21. The maximum atomic E-state index is 13.7. The second kappa shape index (κ2) is 5.23. The van der Waals surface area contributed by atoms with Gasteiger partial charge in [0.1, 0.15) is 15.5 Å². The van der Waals surface area contributed by atoms with Crippen LogP contribution in [-0.2, 0) is 0 Å². The quantitative estimate of drug-likeness (QED) is 0.775. The molecule has 0 atom stereocenters. The van der Waals surface area contributed by atoms with E-state index in [0.717, 1.165) is 23.5 Å². The summed E-state index contributed by atoms with van der Waals surface area (Å²) in [4.78, 5) is 15.9. The molecule has 0 radical (unpaired) electrons. The van der Waals surface area contributed by atoms with Gasteiger partial charge in [-0.15, -0.1) is 11.3 Å². The molecule has 0 spiro atoms. The number of hydrogen-bond acceptors (Lipinski definition) is 5. The van der Waals surface area contributed by atoms with E-state index in [9.17, 15) is 13.6 Å². The number of amides is 1. The number of anilines is 1. The molecular weight excluding hydrogens is 312 g/mol. The summed E-state index contributed by atoms with van der Waals surface area (Å²) < 4.78 is 32.7. The average Bonchev–Trinajstić information content (AvgIpc) is 2.81. The van der Waals surface area contributed by atoms with Crippen LogP contribution in [0.15, 0.2) is 30.5 Å². The molecule has 0 unspecified atom stereocenters. The van der Waals surface area contributed by atoms with Crippen molar-refractivity contribution >= 4 is 33.1 Å². The van der Waals surface area contributed by atoms with Crippen LogP contribution < -0.4 is 16.2 Å². The van der Waals surface area contributed by atoms with E-state index >= 15 is 0 Å². The Morgan fingerprint density at radius 3 is 2.55 bits per heavy atom. The van der Waals surface area contributed by atoms with Gasteiger partial charge in [-0.1, -0.05) is 6.07 Å². The number of pyridine rings is 1. The van der Waals surface area contributed by atoms with Crippen molar-refractivity contribution in [2.24, 2.45) is 5.73 Å². The van der Waals surface area contributed by atoms with Crippen molar-refractivity contribution in [1.29, 1.82) is 0 Å². The van der Waals surface area contributed by atoms with Crippen molar-refractivity contribution in [2.45, 2.75) is 0 Å². The molecule has 0 aliphatic heterocycles. The van der Waals surface area contributed by atoms with Crippen LogP contribution >= 0.6 is 11.3 Å². The SMILES string of the molecule is NC(=O)c1sc2nccc(Oc3c(F)cccc3F)c2c1N. The lowest BCUT2D eigenvalue weighted by molar-refractivity contribution is 0.100. The van der Waals surface area contributed by atoms with Gasteiger partial charge in [0.25, 0.3) is 5.91 Å². The first-order chi connectivity index (χ1) is 10.5. The van der Waals surface area contributed by atoms with Crippen molar-refractivity contribution < 1.29 is 18.3 Å². The Balaban J connectivity index is 2.18. The first-order valence-corrected chi connectivity index (χ1v) is 6.89. The van der Waals surface area contributed by atoms with E-state index < -0.39 is 23.3 Å². The summed E-state index contributed by atoms with van der Waals surface area (Å²) in [6.45, 7) is 0. The molecule has 3 aromatic rings. The number of rotatable bonds is 3. The summed E-state index contributed by atoms with van der Waals surface area (Å²) in [7, 11) is 0. The highest BCUT2D eigenvalue weighted by atomic mass is 32.1. The Hall–Kier alpha value is -2.74. The number of primary amides is 1. The van der Waals surface area contributed by atoms with Crippen LogP contribution in [-0.4, -0.2) is 10.9 Å². The Labute approximate surface area is 127 Å². The van der Waals surface area contributed by atoms with E-state index in [1.165, 1.54) is 18.3 Å². The van der Waals surface area contributed by atoms with Crippen molar-refractivity contribution in [2.75, 3.05) is 5.73 Å². The number of ether oxygens (including phenoxy) is 1. The molecular formula is C14H9F2N3O2S. The molecule has 0 fully saturated rings. The van der Waals surface area contributed by atoms with Gasteiger partial charge in [0, 0.05) is 6.20 Å². The number of nitrogens with two attached hydrogens (primary N) is 2. The predicted molar refractivity (Wildman–Crippen MR) is 79.0 cm³/mol. The number of carbonyl (C=O) groups excluding carboxylic acids is 1. The lowest BCUT2D eigenvalue weighted by Crippen LogP contribution is -2.10. The smallest absolute Gasteiger partial charge is 0.260 e. The molecule has 1 amide bonds. The van der Waals surface area contributed by atoms with Crippen LogP contribution in [0.1, 0.15) is 9.67 Å². The summed E-state index contributed by atoms with van der Waals surface area (Å²) in [6.07, 6.45) is 1.39. The van der Waals surface area contributed by atoms with Crippen molar-refractivity contribution in [1.82, 2.24) is 4.98 Å². The molecule has 1 aromatic carbocycles. The molecule has 3 rings (SSSR count). The molecule has 22 heavy (non-hydrogen) atoms. The fourth-order valence-corrected chi connectivity index (χ4v) is 2.91. The van der Waals surface area contributed by atoms with Gasteiger partial charge in [-0.3, -0.25) is 4.79 Å². The first kappa shape index (κ1) is 14.2. The molecule has 0 aliphatic carbocycles. The zero-order valence-electron chi connectivity index (χ0n) is 11.0. The monoisotopic (exact) mass is 321 g/mol. The number of fused-ring (bicyclic) bond motifs is 1.